The summed E-state index contributed by atoms with van der Waals surface area (Å²) in [5.41, 5.74) is 6.56. The van der Waals surface area contributed by atoms with Crippen LogP contribution >= 0.6 is 11.8 Å². The van der Waals surface area contributed by atoms with Crippen LogP contribution in [0.5, 0.6) is 5.75 Å². The van der Waals surface area contributed by atoms with Gasteiger partial charge in [0.1, 0.15) is 5.75 Å². The predicted octanol–water partition coefficient (Wildman–Crippen LogP) is 4.10. The first kappa shape index (κ1) is 13.6. The number of rotatable bonds is 6. The van der Waals surface area contributed by atoms with Crippen molar-refractivity contribution in [1.82, 2.24) is 0 Å². The average Bonchev–Trinajstić information content (AvgIpc) is 2.42. The second-order valence-corrected chi connectivity index (χ2v) is 6.28. The third kappa shape index (κ3) is 4.45. The summed E-state index contributed by atoms with van der Waals surface area (Å²) in [5, 5.41) is 0.903. The number of benzene rings is 1. The Hall–Kier alpha value is -0.830. The van der Waals surface area contributed by atoms with Crippen molar-refractivity contribution in [2.45, 2.75) is 43.8 Å². The van der Waals surface area contributed by atoms with Gasteiger partial charge >= 0.3 is 0 Å². The van der Waals surface area contributed by atoms with E-state index in [1.807, 2.05) is 24.3 Å². The van der Waals surface area contributed by atoms with Gasteiger partial charge in [-0.3, -0.25) is 0 Å². The first-order chi connectivity index (χ1) is 8.86. The summed E-state index contributed by atoms with van der Waals surface area (Å²) in [4.78, 5) is 0. The molecule has 2 nitrogen and oxygen atoms in total. The normalized spacial score (nSPS) is 16.7. The molecule has 0 bridgehead atoms. The zero-order valence-electron chi connectivity index (χ0n) is 10.9. The number of nitrogens with two attached hydrogens (primary N) is 1. The molecule has 0 radical (unpaired) electrons. The van der Waals surface area contributed by atoms with Gasteiger partial charge in [-0.2, -0.15) is 11.8 Å². The van der Waals surface area contributed by atoms with Crippen molar-refractivity contribution in [3.63, 3.8) is 0 Å². The largest absolute Gasteiger partial charge is 0.491 e. The van der Waals surface area contributed by atoms with Gasteiger partial charge in [-0.1, -0.05) is 31.4 Å². The lowest BCUT2D eigenvalue weighted by Gasteiger charge is -2.20. The minimum Gasteiger partial charge on any atom is -0.491 e. The molecule has 0 saturated heterocycles. The second-order valence-electron chi connectivity index (χ2n) is 4.87. The molecule has 0 amide bonds. The Bertz CT molecular complexity index is 350. The van der Waals surface area contributed by atoms with Gasteiger partial charge in [0.15, 0.2) is 0 Å². The van der Waals surface area contributed by atoms with Gasteiger partial charge < -0.3 is 10.5 Å². The Balaban J connectivity index is 1.57. The summed E-state index contributed by atoms with van der Waals surface area (Å²) < 4.78 is 5.69. The molecule has 1 aromatic rings. The van der Waals surface area contributed by atoms with E-state index in [9.17, 15) is 0 Å². The molecule has 0 aliphatic heterocycles. The number of hydrogen-bond acceptors (Lipinski definition) is 3. The van der Waals surface area contributed by atoms with Crippen LogP contribution in [0.3, 0.4) is 0 Å². The van der Waals surface area contributed by atoms with Crippen LogP contribution < -0.4 is 10.5 Å². The van der Waals surface area contributed by atoms with Gasteiger partial charge in [0.25, 0.3) is 0 Å². The molecule has 1 fully saturated rings. The molecule has 0 unspecified atom stereocenters. The van der Waals surface area contributed by atoms with E-state index in [2.05, 4.69) is 11.8 Å². The molecule has 0 heterocycles. The number of para-hydroxylation sites is 2. The maximum Gasteiger partial charge on any atom is 0.142 e. The monoisotopic (exact) mass is 265 g/mol. The lowest BCUT2D eigenvalue weighted by atomic mass is 10.0. The van der Waals surface area contributed by atoms with Crippen LogP contribution in [0.25, 0.3) is 0 Å². The minimum absolute atomic E-state index is 0.734. The maximum absolute atomic E-state index is 5.82. The summed E-state index contributed by atoms with van der Waals surface area (Å²) in [6.45, 7) is 0.772. The van der Waals surface area contributed by atoms with E-state index in [0.29, 0.717) is 0 Å². The Kier molecular flexibility index (Phi) is 5.72. The van der Waals surface area contributed by atoms with Crippen LogP contribution in [0, 0.1) is 0 Å². The van der Waals surface area contributed by atoms with Crippen LogP contribution in [0.2, 0.25) is 0 Å². The third-order valence-corrected chi connectivity index (χ3v) is 4.84. The molecule has 3 heteroatoms. The zero-order valence-corrected chi connectivity index (χ0v) is 11.8. The number of nitrogen functional groups attached to an aromatic ring is 1. The number of thioether (sulfide) groups is 1. The molecule has 0 atom stereocenters. The summed E-state index contributed by atoms with van der Waals surface area (Å²) in [7, 11) is 0. The van der Waals surface area contributed by atoms with Crippen molar-refractivity contribution in [3.05, 3.63) is 24.3 Å². The Morgan fingerprint density at radius 2 is 1.94 bits per heavy atom. The molecule has 1 saturated carbocycles. The molecule has 1 aromatic carbocycles. The van der Waals surface area contributed by atoms with Gasteiger partial charge in [0.2, 0.25) is 0 Å². The number of ether oxygens (including phenoxy) is 1. The van der Waals surface area contributed by atoms with Gasteiger partial charge in [0.05, 0.1) is 12.3 Å². The van der Waals surface area contributed by atoms with E-state index in [1.54, 1.807) is 0 Å². The standard InChI is InChI=1S/C15H23NOS/c16-14-9-4-5-10-15(14)17-11-6-12-18-13-7-2-1-3-8-13/h4-5,9-10,13H,1-3,6-8,11-12,16H2. The molecule has 18 heavy (non-hydrogen) atoms. The van der Waals surface area contributed by atoms with Crippen molar-refractivity contribution < 1.29 is 4.74 Å². The number of hydrogen-bond donors (Lipinski definition) is 1. The smallest absolute Gasteiger partial charge is 0.142 e. The Labute approximate surface area is 114 Å². The van der Waals surface area contributed by atoms with E-state index in [0.717, 1.165) is 29.7 Å². The highest BCUT2D eigenvalue weighted by atomic mass is 32.2. The fourth-order valence-electron chi connectivity index (χ4n) is 2.33. The fourth-order valence-corrected chi connectivity index (χ4v) is 3.62. The first-order valence-electron chi connectivity index (χ1n) is 6.95. The van der Waals surface area contributed by atoms with Crippen molar-refractivity contribution in [1.29, 1.82) is 0 Å². The van der Waals surface area contributed by atoms with Gasteiger partial charge in [-0.25, -0.2) is 0 Å². The van der Waals surface area contributed by atoms with Crippen LogP contribution in [0.4, 0.5) is 5.69 Å². The molecule has 2 rings (SSSR count). The average molecular weight is 265 g/mol. The molecule has 1 aliphatic rings. The number of anilines is 1. The van der Waals surface area contributed by atoms with E-state index >= 15 is 0 Å². The lowest BCUT2D eigenvalue weighted by Crippen LogP contribution is -2.09. The quantitative estimate of drug-likeness (QED) is 0.621. The second kappa shape index (κ2) is 7.57. The Morgan fingerprint density at radius 3 is 2.72 bits per heavy atom. The molecule has 1 aliphatic carbocycles. The van der Waals surface area contributed by atoms with Crippen LogP contribution in [0.1, 0.15) is 38.5 Å². The fraction of sp³-hybridized carbons (Fsp3) is 0.600. The summed E-state index contributed by atoms with van der Waals surface area (Å²) in [5.74, 6) is 2.03. The van der Waals surface area contributed by atoms with Crippen LogP contribution in [-0.4, -0.2) is 17.6 Å². The van der Waals surface area contributed by atoms with Gasteiger partial charge in [0, 0.05) is 5.25 Å². The molecular weight excluding hydrogens is 242 g/mol. The topological polar surface area (TPSA) is 35.2 Å². The van der Waals surface area contributed by atoms with Crippen molar-refractivity contribution in [3.8, 4) is 5.75 Å². The van der Waals surface area contributed by atoms with Crippen LogP contribution in [0.15, 0.2) is 24.3 Å². The summed E-state index contributed by atoms with van der Waals surface area (Å²) in [6.07, 6.45) is 8.22. The highest BCUT2D eigenvalue weighted by Gasteiger charge is 2.12. The van der Waals surface area contributed by atoms with Gasteiger partial charge in [-0.15, -0.1) is 0 Å². The lowest BCUT2D eigenvalue weighted by molar-refractivity contribution is 0.320. The van der Waals surface area contributed by atoms with Gasteiger partial charge in [-0.05, 0) is 37.1 Å². The Morgan fingerprint density at radius 1 is 1.17 bits per heavy atom. The molecular formula is C15H23NOS. The molecule has 100 valence electrons. The van der Waals surface area contributed by atoms with E-state index in [4.69, 9.17) is 10.5 Å². The van der Waals surface area contributed by atoms with E-state index in [-0.39, 0.29) is 0 Å². The molecule has 2 N–H and O–H groups in total. The predicted molar refractivity (Wildman–Crippen MR) is 80.3 cm³/mol. The van der Waals surface area contributed by atoms with Crippen molar-refractivity contribution in [2.24, 2.45) is 0 Å². The highest BCUT2D eigenvalue weighted by molar-refractivity contribution is 7.99. The van der Waals surface area contributed by atoms with Crippen molar-refractivity contribution >= 4 is 17.4 Å². The minimum atomic E-state index is 0.734. The SMILES string of the molecule is Nc1ccccc1OCCCSC1CCCCC1. The van der Waals surface area contributed by atoms with E-state index < -0.39 is 0 Å². The highest BCUT2D eigenvalue weighted by Crippen LogP contribution is 2.28. The van der Waals surface area contributed by atoms with Crippen LogP contribution in [-0.2, 0) is 0 Å². The zero-order chi connectivity index (χ0) is 12.6. The maximum atomic E-state index is 5.82. The summed E-state index contributed by atoms with van der Waals surface area (Å²) >= 11 is 2.13. The van der Waals surface area contributed by atoms with E-state index in [1.165, 1.54) is 37.9 Å². The third-order valence-electron chi connectivity index (χ3n) is 3.37. The molecule has 0 spiro atoms. The van der Waals surface area contributed by atoms with Crippen molar-refractivity contribution in [2.75, 3.05) is 18.1 Å². The summed E-state index contributed by atoms with van der Waals surface area (Å²) in [6, 6.07) is 7.71. The molecule has 0 aromatic heterocycles. The first-order valence-corrected chi connectivity index (χ1v) is 8.00.